The fraction of sp³-hybridized carbons (Fsp3) is 0.828. The van der Waals surface area contributed by atoms with Crippen molar-refractivity contribution in [3.63, 3.8) is 0 Å². The zero-order valence-corrected chi connectivity index (χ0v) is 42.5. The van der Waals surface area contributed by atoms with Gasteiger partial charge in [0.2, 0.25) is 5.91 Å². The normalized spacial score (nSPS) is 13.0. The van der Waals surface area contributed by atoms with Crippen molar-refractivity contribution in [1.29, 1.82) is 0 Å². The van der Waals surface area contributed by atoms with Crippen molar-refractivity contribution >= 4 is 11.9 Å². The number of amides is 1. The first-order valence-electron chi connectivity index (χ1n) is 27.9. The van der Waals surface area contributed by atoms with Gasteiger partial charge in [-0.1, -0.05) is 229 Å². The van der Waals surface area contributed by atoms with Gasteiger partial charge in [0.15, 0.2) is 0 Å². The summed E-state index contributed by atoms with van der Waals surface area (Å²) < 4.78 is 5.45. The third kappa shape index (κ3) is 49.3. The van der Waals surface area contributed by atoms with Crippen molar-refractivity contribution < 1.29 is 24.5 Å². The van der Waals surface area contributed by atoms with E-state index in [1.807, 2.05) is 6.08 Å². The highest BCUT2D eigenvalue weighted by molar-refractivity contribution is 5.76. The van der Waals surface area contributed by atoms with Gasteiger partial charge in [-0.2, -0.15) is 0 Å². The molecule has 0 rings (SSSR count). The first-order chi connectivity index (χ1) is 31.5. The standard InChI is InChI=1S/C58H107NO5/c1-3-5-7-9-11-13-15-17-19-21-22-24-26-28-32-36-40-44-48-52-58(63)64-53-49-45-41-37-33-29-31-35-39-43-47-51-57(62)59-55(54-60)56(61)50-46-42-38-34-30-27-25-23-20-18-16-14-12-10-8-6-4-2/h11,13,17,19,33,37,46,50,55-56,60-61H,3-10,12,14-16,18,20-32,34-36,38-45,47-49,51-54H2,1-2H3,(H,59,62)/b13-11-,19-17-,37-33-,50-46+. The molecule has 1 amide bonds. The molecule has 0 aliphatic heterocycles. The monoisotopic (exact) mass is 898 g/mol. The summed E-state index contributed by atoms with van der Waals surface area (Å²) in [5.41, 5.74) is 0. The lowest BCUT2D eigenvalue weighted by atomic mass is 10.0. The van der Waals surface area contributed by atoms with Crippen molar-refractivity contribution in [2.24, 2.45) is 0 Å². The Labute approximate surface area is 397 Å². The van der Waals surface area contributed by atoms with E-state index in [2.05, 4.69) is 55.6 Å². The molecule has 2 atom stereocenters. The molecule has 0 saturated heterocycles. The highest BCUT2D eigenvalue weighted by Crippen LogP contribution is 2.16. The van der Waals surface area contributed by atoms with Crippen molar-refractivity contribution in [1.82, 2.24) is 5.32 Å². The topological polar surface area (TPSA) is 95.9 Å². The summed E-state index contributed by atoms with van der Waals surface area (Å²) >= 11 is 0. The molecule has 374 valence electrons. The molecule has 3 N–H and O–H groups in total. The minimum Gasteiger partial charge on any atom is -0.466 e. The van der Waals surface area contributed by atoms with Crippen LogP contribution in [0.15, 0.2) is 48.6 Å². The van der Waals surface area contributed by atoms with E-state index >= 15 is 0 Å². The van der Waals surface area contributed by atoms with Gasteiger partial charge >= 0.3 is 5.97 Å². The van der Waals surface area contributed by atoms with Crippen molar-refractivity contribution in [3.05, 3.63) is 48.6 Å². The average molecular weight is 898 g/mol. The molecule has 0 aromatic heterocycles. The SMILES string of the molecule is CCCCC/C=C\C/C=C\CCCCCCCCCCCC(=O)OCCCC/C=C\CCCCCCCC(=O)NC(CO)C(O)/C=C/CCCCCCCCCCCCCCCCC. The first-order valence-corrected chi connectivity index (χ1v) is 27.9. The Morgan fingerprint density at radius 3 is 1.23 bits per heavy atom. The summed E-state index contributed by atoms with van der Waals surface area (Å²) in [6.07, 6.45) is 66.9. The van der Waals surface area contributed by atoms with Crippen LogP contribution in [0.3, 0.4) is 0 Å². The van der Waals surface area contributed by atoms with Crippen LogP contribution in [-0.2, 0) is 14.3 Å². The predicted octanol–water partition coefficient (Wildman–Crippen LogP) is 17.0. The number of aliphatic hydroxyl groups is 2. The summed E-state index contributed by atoms with van der Waals surface area (Å²) in [6.45, 7) is 4.80. The van der Waals surface area contributed by atoms with Crippen LogP contribution in [0.25, 0.3) is 0 Å². The Bertz CT molecular complexity index is 1080. The second kappa shape index (κ2) is 53.4. The van der Waals surface area contributed by atoms with Crippen LogP contribution < -0.4 is 5.32 Å². The molecule has 0 aromatic rings. The molecule has 0 radical (unpaired) electrons. The summed E-state index contributed by atoms with van der Waals surface area (Å²) in [5, 5.41) is 23.1. The Hall–Kier alpha value is -2.18. The zero-order valence-electron chi connectivity index (χ0n) is 42.5. The smallest absolute Gasteiger partial charge is 0.305 e. The fourth-order valence-electron chi connectivity index (χ4n) is 8.25. The number of aliphatic hydroxyl groups excluding tert-OH is 2. The lowest BCUT2D eigenvalue weighted by Crippen LogP contribution is -2.45. The van der Waals surface area contributed by atoms with Gasteiger partial charge in [-0.3, -0.25) is 9.59 Å². The fourth-order valence-corrected chi connectivity index (χ4v) is 8.25. The Morgan fingerprint density at radius 2 is 0.781 bits per heavy atom. The van der Waals surface area contributed by atoms with Gasteiger partial charge in [-0.25, -0.2) is 0 Å². The number of nitrogens with one attached hydrogen (secondary N) is 1. The summed E-state index contributed by atoms with van der Waals surface area (Å²) in [6, 6.07) is -0.650. The Kier molecular flexibility index (Phi) is 51.6. The molecular formula is C58H107NO5. The molecule has 0 fully saturated rings. The van der Waals surface area contributed by atoms with E-state index in [0.717, 1.165) is 89.9 Å². The van der Waals surface area contributed by atoms with E-state index in [0.29, 0.717) is 19.4 Å². The maximum atomic E-state index is 12.4. The number of carbonyl (C=O) groups excluding carboxylic acids is 2. The van der Waals surface area contributed by atoms with Crippen LogP contribution in [0, 0.1) is 0 Å². The van der Waals surface area contributed by atoms with Gasteiger partial charge in [-0.05, 0) is 89.9 Å². The molecule has 0 heterocycles. The molecule has 0 bridgehead atoms. The van der Waals surface area contributed by atoms with Crippen molar-refractivity contribution in [2.75, 3.05) is 13.2 Å². The number of carbonyl (C=O) groups is 2. The number of ether oxygens (including phenoxy) is 1. The lowest BCUT2D eigenvalue weighted by molar-refractivity contribution is -0.143. The van der Waals surface area contributed by atoms with Gasteiger partial charge in [0.05, 0.1) is 25.4 Å². The van der Waals surface area contributed by atoms with E-state index in [9.17, 15) is 19.8 Å². The Balaban J connectivity index is 3.54. The van der Waals surface area contributed by atoms with E-state index in [1.54, 1.807) is 6.08 Å². The minimum absolute atomic E-state index is 0.0372. The quantitative estimate of drug-likeness (QED) is 0.0321. The second-order valence-electron chi connectivity index (χ2n) is 18.9. The van der Waals surface area contributed by atoms with Crippen molar-refractivity contribution in [2.45, 2.75) is 296 Å². The third-order valence-electron chi connectivity index (χ3n) is 12.6. The molecular weight excluding hydrogens is 791 g/mol. The van der Waals surface area contributed by atoms with E-state index in [-0.39, 0.29) is 18.5 Å². The molecule has 0 saturated carbocycles. The van der Waals surface area contributed by atoms with Gasteiger partial charge in [0, 0.05) is 12.8 Å². The van der Waals surface area contributed by atoms with Gasteiger partial charge in [-0.15, -0.1) is 0 Å². The Morgan fingerprint density at radius 1 is 0.438 bits per heavy atom. The third-order valence-corrected chi connectivity index (χ3v) is 12.6. The van der Waals surface area contributed by atoms with Crippen LogP contribution in [0.4, 0.5) is 0 Å². The zero-order chi connectivity index (χ0) is 46.5. The molecule has 0 aliphatic rings. The molecule has 6 nitrogen and oxygen atoms in total. The first kappa shape index (κ1) is 61.8. The molecule has 64 heavy (non-hydrogen) atoms. The van der Waals surface area contributed by atoms with Crippen LogP contribution in [0.2, 0.25) is 0 Å². The van der Waals surface area contributed by atoms with Crippen LogP contribution in [0.5, 0.6) is 0 Å². The molecule has 6 heteroatoms. The van der Waals surface area contributed by atoms with E-state index in [1.165, 1.54) is 167 Å². The van der Waals surface area contributed by atoms with Gasteiger partial charge in [0.25, 0.3) is 0 Å². The van der Waals surface area contributed by atoms with Crippen LogP contribution >= 0.6 is 0 Å². The number of rotatable bonds is 51. The maximum Gasteiger partial charge on any atom is 0.305 e. The van der Waals surface area contributed by atoms with Crippen molar-refractivity contribution in [3.8, 4) is 0 Å². The highest BCUT2D eigenvalue weighted by atomic mass is 16.5. The number of hydrogen-bond acceptors (Lipinski definition) is 5. The molecule has 0 spiro atoms. The minimum atomic E-state index is -0.864. The predicted molar refractivity (Wildman–Crippen MR) is 278 cm³/mol. The van der Waals surface area contributed by atoms with Crippen LogP contribution in [-0.4, -0.2) is 47.4 Å². The number of hydrogen-bond donors (Lipinski definition) is 3. The molecule has 2 unspecified atom stereocenters. The molecule has 0 aromatic carbocycles. The summed E-state index contributed by atoms with van der Waals surface area (Å²) in [7, 11) is 0. The number of esters is 1. The van der Waals surface area contributed by atoms with Gasteiger partial charge < -0.3 is 20.3 Å². The highest BCUT2D eigenvalue weighted by Gasteiger charge is 2.18. The van der Waals surface area contributed by atoms with Crippen LogP contribution in [0.1, 0.15) is 284 Å². The summed E-state index contributed by atoms with van der Waals surface area (Å²) in [5.74, 6) is -0.134. The second-order valence-corrected chi connectivity index (χ2v) is 18.9. The largest absolute Gasteiger partial charge is 0.466 e. The van der Waals surface area contributed by atoms with Gasteiger partial charge in [0.1, 0.15) is 0 Å². The maximum absolute atomic E-state index is 12.4. The summed E-state index contributed by atoms with van der Waals surface area (Å²) in [4.78, 5) is 24.5. The lowest BCUT2D eigenvalue weighted by Gasteiger charge is -2.20. The van der Waals surface area contributed by atoms with E-state index in [4.69, 9.17) is 4.74 Å². The number of unbranched alkanes of at least 4 members (excludes halogenated alkanes) is 34. The average Bonchev–Trinajstić information content (AvgIpc) is 3.29. The molecule has 0 aliphatic carbocycles. The number of allylic oxidation sites excluding steroid dienone is 7. The van der Waals surface area contributed by atoms with E-state index < -0.39 is 12.1 Å².